The van der Waals surface area contributed by atoms with Gasteiger partial charge in [-0.3, -0.25) is 4.79 Å². The molecular weight excluding hydrogens is 317 g/mol. The second kappa shape index (κ2) is 8.01. The summed E-state index contributed by atoms with van der Waals surface area (Å²) >= 11 is 0. The predicted molar refractivity (Wildman–Crippen MR) is 87.1 cm³/mol. The molecule has 1 saturated carbocycles. The number of amides is 1. The lowest BCUT2D eigenvalue weighted by Gasteiger charge is -2.30. The van der Waals surface area contributed by atoms with Gasteiger partial charge in [0.1, 0.15) is 0 Å². The van der Waals surface area contributed by atoms with E-state index in [0.717, 1.165) is 31.7 Å². The van der Waals surface area contributed by atoms with Crippen molar-refractivity contribution in [3.05, 3.63) is 35.4 Å². The Bertz CT molecular complexity index is 551. The largest absolute Gasteiger partial charge is 0.416 e. The Morgan fingerprint density at radius 2 is 1.92 bits per heavy atom. The van der Waals surface area contributed by atoms with E-state index in [1.54, 1.807) is 11.0 Å². The highest BCUT2D eigenvalue weighted by Crippen LogP contribution is 2.34. The molecule has 134 valence electrons. The van der Waals surface area contributed by atoms with Crippen LogP contribution in [0.1, 0.15) is 56.6 Å². The quantitative estimate of drug-likeness (QED) is 0.846. The molecule has 1 unspecified atom stereocenters. The van der Waals surface area contributed by atoms with Crippen molar-refractivity contribution >= 4 is 5.91 Å². The van der Waals surface area contributed by atoms with Crippen LogP contribution in [0.25, 0.3) is 0 Å². The summed E-state index contributed by atoms with van der Waals surface area (Å²) in [6.45, 7) is 1.84. The number of nitrogens with zero attached hydrogens (tertiary/aromatic N) is 1. The minimum Gasteiger partial charge on any atom is -0.335 e. The number of rotatable bonds is 6. The second-order valence-corrected chi connectivity index (χ2v) is 6.63. The van der Waals surface area contributed by atoms with Crippen molar-refractivity contribution in [1.29, 1.82) is 0 Å². The van der Waals surface area contributed by atoms with Crippen LogP contribution in [-0.2, 0) is 17.5 Å². The summed E-state index contributed by atoms with van der Waals surface area (Å²) in [6.07, 6.45) is 0.166. The van der Waals surface area contributed by atoms with Crippen LogP contribution >= 0.6 is 0 Å². The summed E-state index contributed by atoms with van der Waals surface area (Å²) in [6, 6.07) is 5.44. The van der Waals surface area contributed by atoms with Gasteiger partial charge in [-0.1, -0.05) is 31.0 Å². The number of halogens is 3. The van der Waals surface area contributed by atoms with Gasteiger partial charge in [0.15, 0.2) is 0 Å². The summed E-state index contributed by atoms with van der Waals surface area (Å²) in [7, 11) is 0. The maximum atomic E-state index is 13.2. The van der Waals surface area contributed by atoms with Crippen molar-refractivity contribution < 1.29 is 18.0 Å². The molecular formula is C18H25F3N2O. The predicted octanol–water partition coefficient (Wildman–Crippen LogP) is 4.10. The minimum absolute atomic E-state index is 0.0120. The molecule has 1 aliphatic carbocycles. The third-order valence-electron chi connectivity index (χ3n) is 4.56. The minimum atomic E-state index is -4.41. The van der Waals surface area contributed by atoms with Gasteiger partial charge in [0.05, 0.1) is 5.56 Å². The zero-order chi connectivity index (χ0) is 17.7. The van der Waals surface area contributed by atoms with E-state index in [9.17, 15) is 18.0 Å². The molecule has 1 aromatic rings. The number of hydrogen-bond donors (Lipinski definition) is 1. The molecule has 1 aromatic carbocycles. The summed E-state index contributed by atoms with van der Waals surface area (Å²) in [5.74, 6) is -0.101. The van der Waals surface area contributed by atoms with Crippen LogP contribution in [-0.4, -0.2) is 22.9 Å². The summed E-state index contributed by atoms with van der Waals surface area (Å²) in [5, 5.41) is 0. The van der Waals surface area contributed by atoms with Gasteiger partial charge in [0.25, 0.3) is 0 Å². The van der Waals surface area contributed by atoms with Crippen molar-refractivity contribution in [1.82, 2.24) is 4.90 Å². The van der Waals surface area contributed by atoms with E-state index >= 15 is 0 Å². The van der Waals surface area contributed by atoms with Gasteiger partial charge < -0.3 is 10.6 Å². The molecule has 2 N–H and O–H groups in total. The van der Waals surface area contributed by atoms with Crippen LogP contribution in [0.2, 0.25) is 0 Å². The topological polar surface area (TPSA) is 46.3 Å². The molecule has 1 aliphatic rings. The highest BCUT2D eigenvalue weighted by Gasteiger charge is 2.35. The number of hydrogen-bond acceptors (Lipinski definition) is 2. The third kappa shape index (κ3) is 4.97. The maximum absolute atomic E-state index is 13.2. The van der Waals surface area contributed by atoms with E-state index in [-0.39, 0.29) is 36.5 Å². The Morgan fingerprint density at radius 3 is 2.50 bits per heavy atom. The molecule has 0 aliphatic heterocycles. The van der Waals surface area contributed by atoms with Crippen LogP contribution in [0, 0.1) is 0 Å². The Hall–Kier alpha value is -1.56. The van der Waals surface area contributed by atoms with E-state index in [4.69, 9.17) is 5.73 Å². The van der Waals surface area contributed by atoms with E-state index in [1.807, 2.05) is 6.92 Å². The molecule has 0 bridgehead atoms. The van der Waals surface area contributed by atoms with Crippen molar-refractivity contribution in [2.24, 2.45) is 5.73 Å². The van der Waals surface area contributed by atoms with Crippen LogP contribution in [0.3, 0.4) is 0 Å². The maximum Gasteiger partial charge on any atom is 0.416 e. The summed E-state index contributed by atoms with van der Waals surface area (Å²) < 4.78 is 39.6. The molecule has 1 atom stereocenters. The zero-order valence-corrected chi connectivity index (χ0v) is 14.0. The Balaban J connectivity index is 2.21. The fraction of sp³-hybridized carbons (Fsp3) is 0.611. The van der Waals surface area contributed by atoms with Gasteiger partial charge in [0.2, 0.25) is 5.91 Å². The number of alkyl halides is 3. The third-order valence-corrected chi connectivity index (χ3v) is 4.56. The molecule has 0 spiro atoms. The molecule has 0 heterocycles. The lowest BCUT2D eigenvalue weighted by Crippen LogP contribution is -2.39. The lowest BCUT2D eigenvalue weighted by atomic mass is 10.0. The van der Waals surface area contributed by atoms with E-state index in [1.165, 1.54) is 12.1 Å². The Labute approximate surface area is 141 Å². The first kappa shape index (κ1) is 18.8. The van der Waals surface area contributed by atoms with Crippen LogP contribution in [0.5, 0.6) is 0 Å². The number of benzene rings is 1. The van der Waals surface area contributed by atoms with Crippen LogP contribution in [0.15, 0.2) is 24.3 Å². The molecule has 3 nitrogen and oxygen atoms in total. The SMILES string of the molecule is CC(N)CCC(=O)N(Cc1ccccc1C(F)(F)F)C1CCCC1. The standard InChI is InChI=1S/C18H25F3N2O/c1-13(22)10-11-17(24)23(15-7-3-4-8-15)12-14-6-2-5-9-16(14)18(19,20)21/h2,5-6,9,13,15H,3-4,7-8,10-12,22H2,1H3. The molecule has 1 fully saturated rings. The fourth-order valence-electron chi connectivity index (χ4n) is 3.25. The first-order chi connectivity index (χ1) is 11.3. The first-order valence-electron chi connectivity index (χ1n) is 8.49. The molecule has 0 radical (unpaired) electrons. The van der Waals surface area contributed by atoms with Crippen molar-refractivity contribution in [2.75, 3.05) is 0 Å². The second-order valence-electron chi connectivity index (χ2n) is 6.63. The van der Waals surface area contributed by atoms with E-state index < -0.39 is 11.7 Å². The first-order valence-corrected chi connectivity index (χ1v) is 8.49. The number of carbonyl (C=O) groups excluding carboxylic acids is 1. The molecule has 6 heteroatoms. The fourth-order valence-corrected chi connectivity index (χ4v) is 3.25. The summed E-state index contributed by atoms with van der Waals surface area (Å²) in [4.78, 5) is 14.2. The molecule has 2 rings (SSSR count). The average Bonchev–Trinajstić information content (AvgIpc) is 3.03. The van der Waals surface area contributed by atoms with Crippen LogP contribution in [0.4, 0.5) is 13.2 Å². The summed E-state index contributed by atoms with van der Waals surface area (Å²) in [5.41, 5.74) is 5.21. The smallest absolute Gasteiger partial charge is 0.335 e. The van der Waals surface area contributed by atoms with Gasteiger partial charge >= 0.3 is 6.18 Å². The number of carbonyl (C=O) groups is 1. The van der Waals surface area contributed by atoms with Crippen LogP contribution < -0.4 is 5.73 Å². The van der Waals surface area contributed by atoms with Crippen molar-refractivity contribution in [3.8, 4) is 0 Å². The Morgan fingerprint density at radius 1 is 1.29 bits per heavy atom. The molecule has 24 heavy (non-hydrogen) atoms. The Kier molecular flexibility index (Phi) is 6.27. The molecule has 0 aromatic heterocycles. The normalized spacial score (nSPS) is 17.0. The average molecular weight is 342 g/mol. The number of nitrogens with two attached hydrogens (primary N) is 1. The van der Waals surface area contributed by atoms with Gasteiger partial charge in [-0.25, -0.2) is 0 Å². The zero-order valence-electron chi connectivity index (χ0n) is 14.0. The van der Waals surface area contributed by atoms with Gasteiger partial charge in [0, 0.05) is 25.0 Å². The lowest BCUT2D eigenvalue weighted by molar-refractivity contribution is -0.140. The highest BCUT2D eigenvalue weighted by atomic mass is 19.4. The van der Waals surface area contributed by atoms with E-state index in [2.05, 4.69) is 0 Å². The molecule has 0 saturated heterocycles. The van der Waals surface area contributed by atoms with Crippen molar-refractivity contribution in [2.45, 2.75) is 70.3 Å². The van der Waals surface area contributed by atoms with Gasteiger partial charge in [-0.15, -0.1) is 0 Å². The van der Waals surface area contributed by atoms with Gasteiger partial charge in [-0.2, -0.15) is 13.2 Å². The van der Waals surface area contributed by atoms with Crippen molar-refractivity contribution in [3.63, 3.8) is 0 Å². The monoisotopic (exact) mass is 342 g/mol. The van der Waals surface area contributed by atoms with Gasteiger partial charge in [-0.05, 0) is 37.8 Å². The highest BCUT2D eigenvalue weighted by molar-refractivity contribution is 5.76. The molecule has 1 amide bonds. The van der Waals surface area contributed by atoms with E-state index in [0.29, 0.717) is 6.42 Å².